The Bertz CT molecular complexity index is 544. The van der Waals surface area contributed by atoms with Gasteiger partial charge in [-0.05, 0) is 25.0 Å². The molecule has 1 saturated heterocycles. The molecule has 100 valence electrons. The monoisotopic (exact) mass is 278 g/mol. The lowest BCUT2D eigenvalue weighted by molar-refractivity contribution is -0.196. The van der Waals surface area contributed by atoms with E-state index in [1.807, 2.05) is 17.5 Å². The molecule has 19 heavy (non-hydrogen) atoms. The van der Waals surface area contributed by atoms with Crippen LogP contribution < -0.4 is 0 Å². The number of carbonyl (C=O) groups excluding carboxylic acids is 1. The molecule has 0 spiro atoms. The number of nitrogens with zero attached hydrogens (tertiary/aromatic N) is 2. The molecule has 2 aromatic heterocycles. The molecular weight excluding hydrogens is 264 g/mol. The molecule has 1 amide bonds. The predicted molar refractivity (Wildman–Crippen MR) is 70.4 cm³/mol. The first-order chi connectivity index (χ1) is 9.33. The van der Waals surface area contributed by atoms with Crippen LogP contribution in [0.4, 0.5) is 0 Å². The summed E-state index contributed by atoms with van der Waals surface area (Å²) in [6.07, 6.45) is 3.91. The van der Waals surface area contributed by atoms with Gasteiger partial charge in [-0.25, -0.2) is 10.0 Å². The highest BCUT2D eigenvalue weighted by Gasteiger charge is 2.19. The van der Waals surface area contributed by atoms with Crippen LogP contribution in [-0.4, -0.2) is 29.1 Å². The molecule has 0 radical (unpaired) electrons. The van der Waals surface area contributed by atoms with Crippen molar-refractivity contribution >= 4 is 17.2 Å². The normalized spacial score (nSPS) is 15.7. The summed E-state index contributed by atoms with van der Waals surface area (Å²) >= 11 is 1.48. The van der Waals surface area contributed by atoms with Gasteiger partial charge >= 0.3 is 0 Å². The zero-order chi connectivity index (χ0) is 13.1. The summed E-state index contributed by atoms with van der Waals surface area (Å²) < 4.78 is 5.28. The first-order valence-electron chi connectivity index (χ1n) is 6.24. The minimum absolute atomic E-state index is 0.0315. The van der Waals surface area contributed by atoms with E-state index in [9.17, 15) is 4.79 Å². The Morgan fingerprint density at radius 1 is 1.47 bits per heavy atom. The second-order valence-electron chi connectivity index (χ2n) is 4.33. The van der Waals surface area contributed by atoms with Gasteiger partial charge in [-0.15, -0.1) is 11.3 Å². The minimum atomic E-state index is -0.0315. The van der Waals surface area contributed by atoms with Gasteiger partial charge in [0.2, 0.25) is 0 Å². The molecule has 0 aliphatic carbocycles. The number of aromatic nitrogens is 1. The van der Waals surface area contributed by atoms with Crippen molar-refractivity contribution in [2.24, 2.45) is 0 Å². The maximum atomic E-state index is 12.0. The van der Waals surface area contributed by atoms with Crippen molar-refractivity contribution in [3.8, 4) is 10.8 Å². The SMILES string of the molecule is O=C(Cc1csc(-c2ccco2)n1)N1CCCCO1. The molecule has 0 N–H and O–H groups in total. The van der Waals surface area contributed by atoms with Gasteiger partial charge in [0.15, 0.2) is 10.8 Å². The minimum Gasteiger partial charge on any atom is -0.462 e. The molecule has 0 saturated carbocycles. The van der Waals surface area contributed by atoms with Gasteiger partial charge in [0.25, 0.3) is 5.91 Å². The van der Waals surface area contributed by atoms with Crippen LogP contribution in [0.1, 0.15) is 18.5 Å². The third kappa shape index (κ3) is 2.85. The van der Waals surface area contributed by atoms with Crippen molar-refractivity contribution in [3.05, 3.63) is 29.5 Å². The summed E-state index contributed by atoms with van der Waals surface area (Å²) in [5.41, 5.74) is 0.760. The van der Waals surface area contributed by atoms with Crippen molar-refractivity contribution in [2.75, 3.05) is 13.2 Å². The highest BCUT2D eigenvalue weighted by molar-refractivity contribution is 7.13. The van der Waals surface area contributed by atoms with E-state index in [0.717, 1.165) is 29.3 Å². The maximum absolute atomic E-state index is 12.0. The topological polar surface area (TPSA) is 55.6 Å². The van der Waals surface area contributed by atoms with Gasteiger partial charge < -0.3 is 4.42 Å². The smallest absolute Gasteiger partial charge is 0.252 e. The third-order valence-electron chi connectivity index (χ3n) is 2.90. The second-order valence-corrected chi connectivity index (χ2v) is 5.19. The van der Waals surface area contributed by atoms with Crippen LogP contribution in [0.15, 0.2) is 28.2 Å². The molecule has 0 unspecified atom stereocenters. The molecule has 0 atom stereocenters. The van der Waals surface area contributed by atoms with E-state index in [2.05, 4.69) is 4.98 Å². The molecule has 1 aliphatic heterocycles. The summed E-state index contributed by atoms with van der Waals surface area (Å²) in [5, 5.41) is 4.14. The number of carbonyl (C=O) groups is 1. The number of amides is 1. The lowest BCUT2D eigenvalue weighted by Gasteiger charge is -2.25. The predicted octanol–water partition coefficient (Wildman–Crippen LogP) is 2.50. The lowest BCUT2D eigenvalue weighted by Crippen LogP contribution is -2.36. The van der Waals surface area contributed by atoms with Crippen molar-refractivity contribution in [1.82, 2.24) is 10.0 Å². The third-order valence-corrected chi connectivity index (χ3v) is 3.80. The Balaban J connectivity index is 1.65. The first-order valence-corrected chi connectivity index (χ1v) is 7.12. The van der Waals surface area contributed by atoms with Gasteiger partial charge in [0.1, 0.15) is 0 Å². The zero-order valence-electron chi connectivity index (χ0n) is 10.4. The van der Waals surface area contributed by atoms with Gasteiger partial charge in [0.05, 0.1) is 25.0 Å². The van der Waals surface area contributed by atoms with E-state index in [1.54, 1.807) is 6.26 Å². The van der Waals surface area contributed by atoms with Gasteiger partial charge in [-0.2, -0.15) is 0 Å². The Hall–Kier alpha value is -1.66. The van der Waals surface area contributed by atoms with E-state index in [4.69, 9.17) is 9.25 Å². The Kier molecular flexibility index (Phi) is 3.61. The average molecular weight is 278 g/mol. The summed E-state index contributed by atoms with van der Waals surface area (Å²) in [6, 6.07) is 3.68. The fourth-order valence-electron chi connectivity index (χ4n) is 1.94. The van der Waals surface area contributed by atoms with Crippen molar-refractivity contribution in [1.29, 1.82) is 0 Å². The van der Waals surface area contributed by atoms with Gasteiger partial charge in [0, 0.05) is 11.9 Å². The Morgan fingerprint density at radius 3 is 3.16 bits per heavy atom. The van der Waals surface area contributed by atoms with Crippen molar-refractivity contribution < 1.29 is 14.0 Å². The summed E-state index contributed by atoms with van der Waals surface area (Å²) in [5.74, 6) is 0.703. The van der Waals surface area contributed by atoms with E-state index >= 15 is 0 Å². The zero-order valence-corrected chi connectivity index (χ0v) is 11.2. The maximum Gasteiger partial charge on any atom is 0.252 e. The summed E-state index contributed by atoms with van der Waals surface area (Å²) in [7, 11) is 0. The van der Waals surface area contributed by atoms with Crippen LogP contribution in [0.5, 0.6) is 0 Å². The van der Waals surface area contributed by atoms with E-state index < -0.39 is 0 Å². The molecule has 3 rings (SSSR count). The molecule has 2 aromatic rings. The van der Waals surface area contributed by atoms with Crippen LogP contribution in [0.25, 0.3) is 10.8 Å². The molecule has 5 nitrogen and oxygen atoms in total. The largest absolute Gasteiger partial charge is 0.462 e. The fraction of sp³-hybridized carbons (Fsp3) is 0.385. The van der Waals surface area contributed by atoms with Crippen LogP contribution >= 0.6 is 11.3 Å². The van der Waals surface area contributed by atoms with E-state index in [-0.39, 0.29) is 12.3 Å². The number of hydrogen-bond acceptors (Lipinski definition) is 5. The number of thiazole rings is 1. The first kappa shape index (κ1) is 12.4. The number of hydrogen-bond donors (Lipinski definition) is 0. The van der Waals surface area contributed by atoms with Crippen LogP contribution in [0, 0.1) is 0 Å². The lowest BCUT2D eigenvalue weighted by atomic mass is 10.2. The van der Waals surface area contributed by atoms with Gasteiger partial charge in [-0.1, -0.05) is 0 Å². The second kappa shape index (κ2) is 5.54. The van der Waals surface area contributed by atoms with Crippen LogP contribution in [0.3, 0.4) is 0 Å². The molecule has 3 heterocycles. The quantitative estimate of drug-likeness (QED) is 0.865. The standard InChI is InChI=1S/C13H14N2O3S/c16-12(15-5-1-2-7-18-15)8-10-9-19-13(14-10)11-4-3-6-17-11/h3-4,6,9H,1-2,5,7-8H2. The molecule has 1 aliphatic rings. The van der Waals surface area contributed by atoms with Crippen molar-refractivity contribution in [2.45, 2.75) is 19.3 Å². The number of rotatable bonds is 3. The molecule has 6 heteroatoms. The number of hydroxylamine groups is 2. The summed E-state index contributed by atoms with van der Waals surface area (Å²) in [6.45, 7) is 1.30. The van der Waals surface area contributed by atoms with Crippen LogP contribution in [0.2, 0.25) is 0 Å². The summed E-state index contributed by atoms with van der Waals surface area (Å²) in [4.78, 5) is 21.7. The average Bonchev–Trinajstić information content (AvgIpc) is 3.10. The molecule has 0 aromatic carbocycles. The molecule has 0 bridgehead atoms. The Morgan fingerprint density at radius 2 is 2.42 bits per heavy atom. The van der Waals surface area contributed by atoms with E-state index in [0.29, 0.717) is 13.2 Å². The fourth-order valence-corrected chi connectivity index (χ4v) is 2.72. The van der Waals surface area contributed by atoms with Gasteiger partial charge in [-0.3, -0.25) is 9.63 Å². The number of furan rings is 1. The highest BCUT2D eigenvalue weighted by Crippen LogP contribution is 2.24. The van der Waals surface area contributed by atoms with Crippen LogP contribution in [-0.2, 0) is 16.1 Å². The molecular formula is C13H14N2O3S. The van der Waals surface area contributed by atoms with E-state index in [1.165, 1.54) is 16.4 Å². The molecule has 1 fully saturated rings. The van der Waals surface area contributed by atoms with Crippen molar-refractivity contribution in [3.63, 3.8) is 0 Å². The Labute approximate surface area is 114 Å². The highest BCUT2D eigenvalue weighted by atomic mass is 32.1.